The number of carbonyl (C=O) groups is 1. The first-order chi connectivity index (χ1) is 15.8. The van der Waals surface area contributed by atoms with Crippen LogP contribution in [0.1, 0.15) is 34.5 Å². The van der Waals surface area contributed by atoms with Crippen molar-refractivity contribution in [3.8, 4) is 0 Å². The van der Waals surface area contributed by atoms with E-state index < -0.39 is 21.9 Å². The lowest BCUT2D eigenvalue weighted by atomic mass is 10.1. The summed E-state index contributed by atoms with van der Waals surface area (Å²) in [6.07, 6.45) is 0.00240. The molecule has 0 saturated carbocycles. The van der Waals surface area contributed by atoms with Crippen LogP contribution >= 0.6 is 11.6 Å². The van der Waals surface area contributed by atoms with Gasteiger partial charge in [0.1, 0.15) is 0 Å². The molecule has 0 heterocycles. The first-order valence-electron chi connectivity index (χ1n) is 10.6. The van der Waals surface area contributed by atoms with Crippen LogP contribution in [0.2, 0.25) is 5.02 Å². The number of ether oxygens (including phenoxy) is 1. The highest BCUT2D eigenvalue weighted by Crippen LogP contribution is 2.23. The van der Waals surface area contributed by atoms with Crippen LogP contribution in [0.3, 0.4) is 0 Å². The lowest BCUT2D eigenvalue weighted by Gasteiger charge is -2.13. The number of hydrogen-bond donors (Lipinski definition) is 2. The Morgan fingerprint density at radius 3 is 2.45 bits per heavy atom. The Morgan fingerprint density at radius 1 is 1.03 bits per heavy atom. The van der Waals surface area contributed by atoms with Crippen LogP contribution in [0.4, 0.5) is 0 Å². The smallest absolute Gasteiger partial charge is 0.338 e. The van der Waals surface area contributed by atoms with E-state index in [-0.39, 0.29) is 22.0 Å². The molecule has 8 heteroatoms. The summed E-state index contributed by atoms with van der Waals surface area (Å²) in [5.74, 6) is -0.558. The number of sulfone groups is 1. The summed E-state index contributed by atoms with van der Waals surface area (Å²) in [7, 11) is -3.76. The van der Waals surface area contributed by atoms with Gasteiger partial charge < -0.3 is 15.2 Å². The molecule has 0 spiro atoms. The molecular formula is C25H26ClNO5S. The fourth-order valence-corrected chi connectivity index (χ4v) is 4.78. The van der Waals surface area contributed by atoms with Crippen molar-refractivity contribution in [2.45, 2.75) is 29.2 Å². The van der Waals surface area contributed by atoms with E-state index in [0.29, 0.717) is 24.5 Å². The molecule has 3 rings (SSSR count). The minimum atomic E-state index is -3.76. The van der Waals surface area contributed by atoms with E-state index in [4.69, 9.17) is 16.3 Å². The van der Waals surface area contributed by atoms with E-state index in [1.54, 1.807) is 49.4 Å². The van der Waals surface area contributed by atoms with Crippen LogP contribution < -0.4 is 5.32 Å². The average Bonchev–Trinajstić information content (AvgIpc) is 2.82. The maximum atomic E-state index is 13.0. The summed E-state index contributed by atoms with van der Waals surface area (Å²) in [5, 5.41) is 14.0. The maximum absolute atomic E-state index is 13.0. The van der Waals surface area contributed by atoms with Gasteiger partial charge in [0.25, 0.3) is 0 Å². The number of benzene rings is 3. The Balaban J connectivity index is 1.58. The fraction of sp³-hybridized carbons (Fsp3) is 0.240. The zero-order valence-corrected chi connectivity index (χ0v) is 19.8. The SMILES string of the molecule is CCOC(=O)c1cccc(S(=O)(=O)c2ccc(CCNC[C@@H](O)c3cccc(Cl)c3)cc2)c1. The van der Waals surface area contributed by atoms with Crippen molar-refractivity contribution in [2.24, 2.45) is 0 Å². The van der Waals surface area contributed by atoms with Crippen molar-refractivity contribution in [3.63, 3.8) is 0 Å². The fourth-order valence-electron chi connectivity index (χ4n) is 3.28. The van der Waals surface area contributed by atoms with Gasteiger partial charge in [-0.15, -0.1) is 0 Å². The van der Waals surface area contributed by atoms with Crippen LogP contribution in [0.15, 0.2) is 82.6 Å². The molecule has 3 aromatic rings. The minimum Gasteiger partial charge on any atom is -0.462 e. The summed E-state index contributed by atoms with van der Waals surface area (Å²) in [5.41, 5.74) is 1.90. The molecule has 0 aliphatic carbocycles. The first-order valence-corrected chi connectivity index (χ1v) is 12.4. The third kappa shape index (κ3) is 6.65. The number of aliphatic hydroxyl groups is 1. The second-order valence-corrected chi connectivity index (χ2v) is 9.81. The van der Waals surface area contributed by atoms with Crippen molar-refractivity contribution < 1.29 is 23.1 Å². The number of aliphatic hydroxyl groups excluding tert-OH is 1. The molecule has 0 aliphatic rings. The quantitative estimate of drug-likeness (QED) is 0.328. The maximum Gasteiger partial charge on any atom is 0.338 e. The molecule has 2 N–H and O–H groups in total. The highest BCUT2D eigenvalue weighted by Gasteiger charge is 2.19. The van der Waals surface area contributed by atoms with Gasteiger partial charge in [-0.3, -0.25) is 0 Å². The van der Waals surface area contributed by atoms with Crippen LogP contribution in [-0.4, -0.2) is 39.2 Å². The molecule has 0 radical (unpaired) electrons. The van der Waals surface area contributed by atoms with E-state index in [1.165, 1.54) is 24.3 Å². The zero-order valence-electron chi connectivity index (χ0n) is 18.2. The van der Waals surface area contributed by atoms with Crippen molar-refractivity contribution >= 4 is 27.4 Å². The van der Waals surface area contributed by atoms with Gasteiger partial charge in [-0.2, -0.15) is 0 Å². The van der Waals surface area contributed by atoms with E-state index in [9.17, 15) is 18.3 Å². The van der Waals surface area contributed by atoms with Crippen molar-refractivity contribution in [1.82, 2.24) is 5.32 Å². The predicted molar refractivity (Wildman–Crippen MR) is 127 cm³/mol. The van der Waals surface area contributed by atoms with Crippen LogP contribution in [-0.2, 0) is 21.0 Å². The molecule has 0 aliphatic heterocycles. The van der Waals surface area contributed by atoms with E-state index in [1.807, 2.05) is 6.07 Å². The number of hydrogen-bond acceptors (Lipinski definition) is 6. The Hall–Kier alpha value is -2.71. The van der Waals surface area contributed by atoms with Gasteiger partial charge in [0, 0.05) is 11.6 Å². The zero-order chi connectivity index (χ0) is 23.8. The normalized spacial score (nSPS) is 12.3. The lowest BCUT2D eigenvalue weighted by molar-refractivity contribution is 0.0526. The highest BCUT2D eigenvalue weighted by molar-refractivity contribution is 7.91. The standard InChI is InChI=1S/C25H26ClNO5S/c1-2-32-25(29)20-6-4-8-23(16-20)33(30,31)22-11-9-18(10-12-22)13-14-27-17-24(28)19-5-3-7-21(26)15-19/h3-12,15-16,24,27-28H,2,13-14,17H2,1H3/t24-/m1/s1. The van der Waals surface area contributed by atoms with Gasteiger partial charge in [0.2, 0.25) is 9.84 Å². The van der Waals surface area contributed by atoms with Crippen molar-refractivity contribution in [3.05, 3.63) is 94.5 Å². The largest absolute Gasteiger partial charge is 0.462 e. The van der Waals surface area contributed by atoms with E-state index in [0.717, 1.165) is 11.1 Å². The molecule has 0 saturated heterocycles. The summed E-state index contributed by atoms with van der Waals surface area (Å²) >= 11 is 5.95. The molecule has 0 bridgehead atoms. The minimum absolute atomic E-state index is 0.0393. The van der Waals surface area contributed by atoms with Gasteiger partial charge in [0.15, 0.2) is 0 Å². The summed E-state index contributed by atoms with van der Waals surface area (Å²) < 4.78 is 30.9. The van der Waals surface area contributed by atoms with Gasteiger partial charge >= 0.3 is 5.97 Å². The molecule has 0 aromatic heterocycles. The number of carbonyl (C=O) groups excluding carboxylic acids is 1. The van der Waals surface area contributed by atoms with Gasteiger partial charge in [0.05, 0.1) is 28.1 Å². The molecule has 3 aromatic carbocycles. The number of nitrogens with one attached hydrogen (secondary N) is 1. The Labute approximate surface area is 199 Å². The molecule has 6 nitrogen and oxygen atoms in total. The highest BCUT2D eigenvalue weighted by atomic mass is 35.5. The lowest BCUT2D eigenvalue weighted by Crippen LogP contribution is -2.23. The Bertz CT molecular complexity index is 1200. The molecular weight excluding hydrogens is 462 g/mol. The molecule has 0 unspecified atom stereocenters. The van der Waals surface area contributed by atoms with E-state index >= 15 is 0 Å². The second-order valence-electron chi connectivity index (χ2n) is 7.42. The van der Waals surface area contributed by atoms with Crippen molar-refractivity contribution in [2.75, 3.05) is 19.7 Å². The Morgan fingerprint density at radius 2 is 1.76 bits per heavy atom. The van der Waals surface area contributed by atoms with Gasteiger partial charge in [-0.1, -0.05) is 41.9 Å². The summed E-state index contributed by atoms with van der Waals surface area (Å²) in [6, 6.07) is 19.6. The Kier molecular flexibility index (Phi) is 8.63. The monoisotopic (exact) mass is 487 g/mol. The van der Waals surface area contributed by atoms with Crippen LogP contribution in [0.25, 0.3) is 0 Å². The number of halogens is 1. The van der Waals surface area contributed by atoms with Gasteiger partial charge in [-0.25, -0.2) is 13.2 Å². The third-order valence-electron chi connectivity index (χ3n) is 5.05. The van der Waals surface area contributed by atoms with Crippen LogP contribution in [0.5, 0.6) is 0 Å². The number of rotatable bonds is 10. The van der Waals surface area contributed by atoms with Crippen LogP contribution in [0, 0.1) is 0 Å². The number of esters is 1. The summed E-state index contributed by atoms with van der Waals surface area (Å²) in [4.78, 5) is 12.1. The molecule has 1 atom stereocenters. The van der Waals surface area contributed by atoms with Crippen molar-refractivity contribution in [1.29, 1.82) is 0 Å². The third-order valence-corrected chi connectivity index (χ3v) is 7.05. The molecule has 0 amide bonds. The summed E-state index contributed by atoms with van der Waals surface area (Å²) in [6.45, 7) is 2.90. The molecule has 0 fully saturated rings. The van der Waals surface area contributed by atoms with Gasteiger partial charge in [-0.05, 0) is 73.5 Å². The second kappa shape index (κ2) is 11.4. The average molecular weight is 488 g/mol. The molecule has 174 valence electrons. The molecule has 33 heavy (non-hydrogen) atoms. The predicted octanol–water partition coefficient (Wildman–Crippen LogP) is 4.22. The van der Waals surface area contributed by atoms with E-state index in [2.05, 4.69) is 5.32 Å². The topological polar surface area (TPSA) is 92.7 Å². The first kappa shape index (κ1) is 24.9.